The van der Waals surface area contributed by atoms with Crippen LogP contribution in [0.3, 0.4) is 0 Å². The maximum Gasteiger partial charge on any atom is 0.325 e. The van der Waals surface area contributed by atoms with Gasteiger partial charge in [-0.15, -0.1) is 0 Å². The molecule has 1 atom stereocenters. The molecule has 2 aromatic rings. The molecule has 0 aromatic heterocycles. The second-order valence-electron chi connectivity index (χ2n) is 8.29. The lowest BCUT2D eigenvalue weighted by atomic mass is 9.88. The zero-order chi connectivity index (χ0) is 22.9. The van der Waals surface area contributed by atoms with E-state index in [1.807, 2.05) is 31.2 Å². The van der Waals surface area contributed by atoms with Gasteiger partial charge in [-0.25, -0.2) is 4.79 Å². The quantitative estimate of drug-likeness (QED) is 0.727. The van der Waals surface area contributed by atoms with E-state index in [9.17, 15) is 14.4 Å². The Labute approximate surface area is 187 Å². The zero-order valence-corrected chi connectivity index (χ0v) is 18.5. The highest BCUT2D eigenvalue weighted by Gasteiger charge is 2.53. The first-order chi connectivity index (χ1) is 15.4. The van der Waals surface area contributed by atoms with Crippen LogP contribution in [0, 0.1) is 6.92 Å². The van der Waals surface area contributed by atoms with Gasteiger partial charge in [0.15, 0.2) is 11.5 Å². The first-order valence-corrected chi connectivity index (χ1v) is 10.6. The average molecular weight is 437 g/mol. The minimum Gasteiger partial charge on any atom is -0.493 e. The lowest BCUT2D eigenvalue weighted by Crippen LogP contribution is -2.59. The van der Waals surface area contributed by atoms with E-state index in [1.165, 1.54) is 19.1 Å². The second kappa shape index (κ2) is 8.53. The predicted octanol–water partition coefficient (Wildman–Crippen LogP) is 2.74. The number of benzene rings is 2. The van der Waals surface area contributed by atoms with Crippen molar-refractivity contribution in [1.29, 1.82) is 0 Å². The first kappa shape index (κ1) is 21.7. The van der Waals surface area contributed by atoms with Crippen molar-refractivity contribution in [3.05, 3.63) is 59.2 Å². The number of likely N-dealkylation sites (tertiary alicyclic amines) is 1. The van der Waals surface area contributed by atoms with E-state index < -0.39 is 11.6 Å². The SMILES string of the molecule is COc1ccc(C(=O)N2CCC[C@]3(C2)NC(=O)N(Cc2ccc(C)cc2)C3=O)cc1OC. The van der Waals surface area contributed by atoms with E-state index in [1.54, 1.807) is 23.1 Å². The van der Waals surface area contributed by atoms with Gasteiger partial charge < -0.3 is 19.7 Å². The third-order valence-electron chi connectivity index (χ3n) is 6.12. The summed E-state index contributed by atoms with van der Waals surface area (Å²) in [6.45, 7) is 2.83. The Morgan fingerprint density at radius 1 is 1.06 bits per heavy atom. The van der Waals surface area contributed by atoms with Gasteiger partial charge in [0.2, 0.25) is 0 Å². The Morgan fingerprint density at radius 2 is 1.78 bits per heavy atom. The van der Waals surface area contributed by atoms with Crippen molar-refractivity contribution in [3.8, 4) is 11.5 Å². The van der Waals surface area contributed by atoms with Crippen LogP contribution < -0.4 is 14.8 Å². The molecule has 168 valence electrons. The van der Waals surface area contributed by atoms with Crippen molar-refractivity contribution in [2.75, 3.05) is 27.3 Å². The molecule has 0 aliphatic carbocycles. The Kier molecular flexibility index (Phi) is 5.78. The Balaban J connectivity index is 1.52. The monoisotopic (exact) mass is 437 g/mol. The number of nitrogens with one attached hydrogen (secondary N) is 1. The third kappa shape index (κ3) is 3.88. The van der Waals surface area contributed by atoms with Gasteiger partial charge >= 0.3 is 6.03 Å². The lowest BCUT2D eigenvalue weighted by molar-refractivity contribution is -0.133. The van der Waals surface area contributed by atoms with Crippen LogP contribution in [0.4, 0.5) is 4.79 Å². The Morgan fingerprint density at radius 3 is 2.47 bits per heavy atom. The summed E-state index contributed by atoms with van der Waals surface area (Å²) in [5.41, 5.74) is 1.34. The van der Waals surface area contributed by atoms with Crippen molar-refractivity contribution in [1.82, 2.24) is 15.1 Å². The maximum atomic E-state index is 13.3. The molecule has 2 aromatic carbocycles. The molecule has 0 saturated carbocycles. The topological polar surface area (TPSA) is 88.2 Å². The van der Waals surface area contributed by atoms with Gasteiger partial charge in [0.05, 0.1) is 27.3 Å². The first-order valence-electron chi connectivity index (χ1n) is 10.6. The van der Waals surface area contributed by atoms with Gasteiger partial charge in [0.25, 0.3) is 11.8 Å². The molecule has 8 nitrogen and oxygen atoms in total. The lowest BCUT2D eigenvalue weighted by Gasteiger charge is -2.38. The molecule has 0 bridgehead atoms. The van der Waals surface area contributed by atoms with Gasteiger partial charge in [-0.3, -0.25) is 14.5 Å². The van der Waals surface area contributed by atoms with E-state index >= 15 is 0 Å². The fraction of sp³-hybridized carbons (Fsp3) is 0.375. The molecule has 4 rings (SSSR count). The fourth-order valence-electron chi connectivity index (χ4n) is 4.35. The molecule has 0 unspecified atom stereocenters. The molecule has 2 saturated heterocycles. The van der Waals surface area contributed by atoms with Crippen molar-refractivity contribution in [2.45, 2.75) is 31.8 Å². The molecule has 2 aliphatic heterocycles. The molecule has 8 heteroatoms. The summed E-state index contributed by atoms with van der Waals surface area (Å²) in [4.78, 5) is 42.1. The van der Waals surface area contributed by atoms with Crippen molar-refractivity contribution in [2.24, 2.45) is 0 Å². The van der Waals surface area contributed by atoms with Gasteiger partial charge in [0.1, 0.15) is 5.54 Å². The van der Waals surface area contributed by atoms with Crippen LogP contribution in [0.1, 0.15) is 34.3 Å². The van der Waals surface area contributed by atoms with Crippen molar-refractivity contribution in [3.63, 3.8) is 0 Å². The van der Waals surface area contributed by atoms with Crippen LogP contribution in [-0.4, -0.2) is 60.5 Å². The predicted molar refractivity (Wildman–Crippen MR) is 118 cm³/mol. The summed E-state index contributed by atoms with van der Waals surface area (Å²) in [5.74, 6) is 0.487. The number of hydrogen-bond acceptors (Lipinski definition) is 5. The number of carbonyl (C=O) groups is 3. The summed E-state index contributed by atoms with van der Waals surface area (Å²) in [5, 5.41) is 2.88. The van der Waals surface area contributed by atoms with Gasteiger partial charge in [-0.2, -0.15) is 0 Å². The van der Waals surface area contributed by atoms with Gasteiger partial charge in [-0.05, 0) is 43.5 Å². The van der Waals surface area contributed by atoms with Crippen LogP contribution in [-0.2, 0) is 11.3 Å². The summed E-state index contributed by atoms with van der Waals surface area (Å²) in [6.07, 6.45) is 1.11. The number of amides is 4. The standard InChI is InChI=1S/C24H27N3O5/c1-16-5-7-17(8-6-16)14-27-22(29)24(25-23(27)30)11-4-12-26(15-24)21(28)18-9-10-19(31-2)20(13-18)32-3/h5-10,13H,4,11-12,14-15H2,1-3H3,(H,25,30)/t24-/m1/s1. The molecular formula is C24H27N3O5. The molecule has 2 fully saturated rings. The number of urea groups is 1. The van der Waals surface area contributed by atoms with Crippen molar-refractivity contribution >= 4 is 17.8 Å². The number of ether oxygens (including phenoxy) is 2. The Bertz CT molecular complexity index is 1050. The number of piperidine rings is 1. The maximum absolute atomic E-state index is 13.3. The number of methoxy groups -OCH3 is 2. The normalized spacial score (nSPS) is 20.5. The zero-order valence-electron chi connectivity index (χ0n) is 18.5. The van der Waals surface area contributed by atoms with E-state index in [0.29, 0.717) is 36.4 Å². The Hall–Kier alpha value is -3.55. The summed E-state index contributed by atoms with van der Waals surface area (Å²) >= 11 is 0. The summed E-state index contributed by atoms with van der Waals surface area (Å²) in [7, 11) is 3.04. The summed E-state index contributed by atoms with van der Waals surface area (Å²) < 4.78 is 10.5. The molecular weight excluding hydrogens is 410 g/mol. The smallest absolute Gasteiger partial charge is 0.325 e. The van der Waals surface area contributed by atoms with Crippen molar-refractivity contribution < 1.29 is 23.9 Å². The molecule has 2 aliphatic rings. The minimum atomic E-state index is -1.09. The highest BCUT2D eigenvalue weighted by atomic mass is 16.5. The number of rotatable bonds is 5. The van der Waals surface area contributed by atoms with Crippen LogP contribution in [0.5, 0.6) is 11.5 Å². The molecule has 4 amide bonds. The highest BCUT2D eigenvalue weighted by molar-refractivity contribution is 6.07. The van der Waals surface area contributed by atoms with Crippen LogP contribution in [0.15, 0.2) is 42.5 Å². The van der Waals surface area contributed by atoms with E-state index in [2.05, 4.69) is 5.32 Å². The number of nitrogens with zero attached hydrogens (tertiary/aromatic N) is 2. The van der Waals surface area contributed by atoms with Crippen LogP contribution >= 0.6 is 0 Å². The second-order valence-corrected chi connectivity index (χ2v) is 8.29. The summed E-state index contributed by atoms with van der Waals surface area (Å²) in [6, 6.07) is 12.3. The fourth-order valence-corrected chi connectivity index (χ4v) is 4.35. The van der Waals surface area contributed by atoms with Gasteiger partial charge in [0, 0.05) is 12.1 Å². The van der Waals surface area contributed by atoms with E-state index in [0.717, 1.165) is 11.1 Å². The number of imide groups is 1. The van der Waals surface area contributed by atoms with Gasteiger partial charge in [-0.1, -0.05) is 29.8 Å². The highest BCUT2D eigenvalue weighted by Crippen LogP contribution is 2.32. The molecule has 1 spiro atoms. The van der Waals surface area contributed by atoms with E-state index in [-0.39, 0.29) is 24.9 Å². The average Bonchev–Trinajstić information content (AvgIpc) is 3.03. The van der Waals surface area contributed by atoms with Crippen LogP contribution in [0.25, 0.3) is 0 Å². The largest absolute Gasteiger partial charge is 0.493 e. The number of hydrogen-bond donors (Lipinski definition) is 1. The third-order valence-corrected chi connectivity index (χ3v) is 6.12. The number of aryl methyl sites for hydroxylation is 1. The molecule has 0 radical (unpaired) electrons. The van der Waals surface area contributed by atoms with Crippen LogP contribution in [0.2, 0.25) is 0 Å². The molecule has 32 heavy (non-hydrogen) atoms. The van der Waals surface area contributed by atoms with E-state index in [4.69, 9.17) is 9.47 Å². The molecule has 2 heterocycles. The molecule has 1 N–H and O–H groups in total. The number of carbonyl (C=O) groups excluding carboxylic acids is 3. The minimum absolute atomic E-state index is 0.134.